The first kappa shape index (κ1) is 24.8. The van der Waals surface area contributed by atoms with Crippen LogP contribution in [0.1, 0.15) is 69.9 Å². The molecule has 2 heterocycles. The van der Waals surface area contributed by atoms with Crippen molar-refractivity contribution >= 4 is 29.3 Å². The first-order valence-corrected chi connectivity index (χ1v) is 13.7. The highest BCUT2D eigenvalue weighted by Crippen LogP contribution is 2.36. The van der Waals surface area contributed by atoms with Gasteiger partial charge in [0.05, 0.1) is 0 Å². The highest BCUT2D eigenvalue weighted by atomic mass is 16.2. The molecule has 2 aliphatic heterocycles. The number of piperidine rings is 1. The first-order chi connectivity index (χ1) is 17.5. The van der Waals surface area contributed by atoms with E-state index in [0.29, 0.717) is 18.6 Å². The second kappa shape index (κ2) is 11.0. The lowest BCUT2D eigenvalue weighted by atomic mass is 9.88. The van der Waals surface area contributed by atoms with Crippen LogP contribution >= 0.6 is 0 Å². The number of fused-ring (bicyclic) bond motifs is 1. The molecular weight excluding hydrogens is 446 g/mol. The lowest BCUT2D eigenvalue weighted by Crippen LogP contribution is -2.54. The van der Waals surface area contributed by atoms with Crippen LogP contribution in [0, 0.1) is 0 Å². The number of hydrogen-bond acceptors (Lipinski definition) is 3. The molecule has 0 aromatic heterocycles. The molecular formula is C31H39N3O2. The number of amides is 2. The zero-order valence-corrected chi connectivity index (χ0v) is 21.7. The molecule has 3 aliphatic rings. The van der Waals surface area contributed by atoms with Crippen LogP contribution in [0.2, 0.25) is 0 Å². The highest BCUT2D eigenvalue weighted by Gasteiger charge is 2.36. The molecule has 0 N–H and O–H groups in total. The molecule has 36 heavy (non-hydrogen) atoms. The maximum Gasteiger partial charge on any atom is 0.251 e. The van der Waals surface area contributed by atoms with Crippen molar-refractivity contribution in [3.8, 4) is 0 Å². The second-order valence-electron chi connectivity index (χ2n) is 10.7. The van der Waals surface area contributed by atoms with Crippen molar-refractivity contribution in [1.29, 1.82) is 0 Å². The number of hydrogen-bond donors (Lipinski definition) is 0. The third kappa shape index (κ3) is 5.27. The second-order valence-corrected chi connectivity index (χ2v) is 10.7. The third-order valence-electron chi connectivity index (χ3n) is 8.39. The first-order valence-electron chi connectivity index (χ1n) is 13.7. The molecule has 2 aromatic carbocycles. The van der Waals surface area contributed by atoms with E-state index >= 15 is 0 Å². The van der Waals surface area contributed by atoms with Gasteiger partial charge < -0.3 is 9.80 Å². The van der Waals surface area contributed by atoms with E-state index in [4.69, 9.17) is 0 Å². The van der Waals surface area contributed by atoms with Crippen LogP contribution in [0.3, 0.4) is 0 Å². The molecule has 1 saturated carbocycles. The molecule has 2 unspecified atom stereocenters. The predicted molar refractivity (Wildman–Crippen MR) is 147 cm³/mol. The topological polar surface area (TPSA) is 43.9 Å². The van der Waals surface area contributed by atoms with Crippen molar-refractivity contribution in [2.24, 2.45) is 0 Å². The summed E-state index contributed by atoms with van der Waals surface area (Å²) >= 11 is 0. The summed E-state index contributed by atoms with van der Waals surface area (Å²) in [6.45, 7) is 5.71. The Morgan fingerprint density at radius 3 is 2.47 bits per heavy atom. The summed E-state index contributed by atoms with van der Waals surface area (Å²) in [7, 11) is 0. The lowest BCUT2D eigenvalue weighted by molar-refractivity contribution is -0.116. The molecule has 5 rings (SSSR count). The van der Waals surface area contributed by atoms with Gasteiger partial charge in [0, 0.05) is 55.6 Å². The molecule has 1 saturated heterocycles. The van der Waals surface area contributed by atoms with E-state index in [1.807, 2.05) is 46.2 Å². The minimum Gasteiger partial charge on any atom is -0.312 e. The fourth-order valence-electron chi connectivity index (χ4n) is 6.53. The third-order valence-corrected chi connectivity index (χ3v) is 8.39. The van der Waals surface area contributed by atoms with Gasteiger partial charge in [0.25, 0.3) is 5.91 Å². The summed E-state index contributed by atoms with van der Waals surface area (Å²) in [5.41, 5.74) is 4.05. The Bertz CT molecular complexity index is 1110. The Morgan fingerprint density at radius 2 is 1.75 bits per heavy atom. The van der Waals surface area contributed by atoms with Gasteiger partial charge in [-0.15, -0.1) is 0 Å². The average Bonchev–Trinajstić information content (AvgIpc) is 3.33. The van der Waals surface area contributed by atoms with E-state index in [2.05, 4.69) is 30.0 Å². The largest absolute Gasteiger partial charge is 0.312 e. The van der Waals surface area contributed by atoms with E-state index < -0.39 is 0 Å². The van der Waals surface area contributed by atoms with Crippen LogP contribution in [0.25, 0.3) is 6.08 Å². The molecule has 0 bridgehead atoms. The van der Waals surface area contributed by atoms with Crippen molar-refractivity contribution in [3.63, 3.8) is 0 Å². The minimum absolute atomic E-state index is 0.00879. The van der Waals surface area contributed by atoms with Crippen LogP contribution < -0.4 is 9.80 Å². The van der Waals surface area contributed by atoms with Crippen LogP contribution in [-0.4, -0.2) is 47.9 Å². The van der Waals surface area contributed by atoms with Gasteiger partial charge in [0.2, 0.25) is 5.91 Å². The molecule has 1 aliphatic carbocycles. The average molecular weight is 486 g/mol. The molecule has 2 atom stereocenters. The number of rotatable bonds is 5. The van der Waals surface area contributed by atoms with E-state index in [9.17, 15) is 9.59 Å². The Kier molecular flexibility index (Phi) is 7.56. The summed E-state index contributed by atoms with van der Waals surface area (Å²) in [4.78, 5) is 32.6. The number of likely N-dealkylation sites (tertiary alicyclic amines) is 1. The molecule has 0 spiro atoms. The summed E-state index contributed by atoms with van der Waals surface area (Å²) in [5, 5.41) is 0. The zero-order valence-electron chi connectivity index (χ0n) is 21.7. The molecule has 5 nitrogen and oxygen atoms in total. The van der Waals surface area contributed by atoms with E-state index in [1.165, 1.54) is 37.7 Å². The molecule has 5 heteroatoms. The van der Waals surface area contributed by atoms with Gasteiger partial charge in [-0.3, -0.25) is 14.5 Å². The van der Waals surface area contributed by atoms with Gasteiger partial charge in [0.15, 0.2) is 0 Å². The van der Waals surface area contributed by atoms with Crippen molar-refractivity contribution in [2.45, 2.75) is 83.3 Å². The zero-order chi connectivity index (χ0) is 25.1. The van der Waals surface area contributed by atoms with Gasteiger partial charge in [-0.25, -0.2) is 0 Å². The molecule has 190 valence electrons. The van der Waals surface area contributed by atoms with Gasteiger partial charge in [0.1, 0.15) is 0 Å². The van der Waals surface area contributed by atoms with E-state index in [1.54, 1.807) is 13.0 Å². The summed E-state index contributed by atoms with van der Waals surface area (Å²) in [5.74, 6) is 0.0663. The van der Waals surface area contributed by atoms with Crippen LogP contribution in [-0.2, 0) is 16.0 Å². The quantitative estimate of drug-likeness (QED) is 0.501. The summed E-state index contributed by atoms with van der Waals surface area (Å²) in [6.07, 6.45) is 13.1. The number of anilines is 2. The standard InChI is InChI=1S/C31H39N3O2/c1-23-21-29(18-20-32(23)27-11-7-4-8-12-27)34(31(36)16-13-25-9-5-3-6-10-25)28-15-14-26-17-19-33(24(2)35)30(26)22-28/h3,5-6,9-10,13-16,22-23,27,29H,4,7-8,11-12,17-21H2,1-2H3. The van der Waals surface area contributed by atoms with Crippen molar-refractivity contribution in [1.82, 2.24) is 4.90 Å². The smallest absolute Gasteiger partial charge is 0.251 e. The number of nitrogens with zero attached hydrogens (tertiary/aromatic N) is 3. The Balaban J connectivity index is 1.42. The van der Waals surface area contributed by atoms with Gasteiger partial charge in [-0.1, -0.05) is 55.7 Å². The maximum atomic E-state index is 13.8. The Morgan fingerprint density at radius 1 is 0.972 bits per heavy atom. The van der Waals surface area contributed by atoms with Crippen LogP contribution in [0.15, 0.2) is 54.6 Å². The summed E-state index contributed by atoms with van der Waals surface area (Å²) in [6, 6.07) is 17.5. The van der Waals surface area contributed by atoms with Gasteiger partial charge >= 0.3 is 0 Å². The fourth-order valence-corrected chi connectivity index (χ4v) is 6.53. The number of benzene rings is 2. The van der Waals surface area contributed by atoms with Crippen molar-refractivity contribution in [2.75, 3.05) is 22.9 Å². The van der Waals surface area contributed by atoms with Crippen molar-refractivity contribution in [3.05, 3.63) is 65.7 Å². The van der Waals surface area contributed by atoms with Crippen molar-refractivity contribution < 1.29 is 9.59 Å². The van der Waals surface area contributed by atoms with Crippen LogP contribution in [0.4, 0.5) is 11.4 Å². The predicted octanol–water partition coefficient (Wildman–Crippen LogP) is 5.83. The SMILES string of the molecule is CC(=O)N1CCc2ccc(N(C(=O)C=Cc3ccccc3)C3CCN(C4CCCCC4)C(C)C3)cc21. The highest BCUT2D eigenvalue weighted by molar-refractivity contribution is 6.05. The van der Waals surface area contributed by atoms with E-state index in [0.717, 1.165) is 42.7 Å². The number of carbonyl (C=O) groups excluding carboxylic acids is 2. The molecule has 2 aromatic rings. The van der Waals surface area contributed by atoms with Gasteiger partial charge in [-0.05, 0) is 68.4 Å². The fraction of sp³-hybridized carbons (Fsp3) is 0.484. The molecule has 2 amide bonds. The molecule has 2 fully saturated rings. The number of carbonyl (C=O) groups is 2. The Hall–Kier alpha value is -2.92. The van der Waals surface area contributed by atoms with Crippen LogP contribution in [0.5, 0.6) is 0 Å². The minimum atomic E-state index is 0.00879. The maximum absolute atomic E-state index is 13.8. The van der Waals surface area contributed by atoms with E-state index in [-0.39, 0.29) is 17.9 Å². The Labute approximate surface area is 215 Å². The monoisotopic (exact) mass is 485 g/mol. The lowest BCUT2D eigenvalue weighted by Gasteiger charge is -2.46. The van der Waals surface area contributed by atoms with Gasteiger partial charge in [-0.2, -0.15) is 0 Å². The normalized spacial score (nSPS) is 23.1. The summed E-state index contributed by atoms with van der Waals surface area (Å²) < 4.78 is 0. The molecule has 0 radical (unpaired) electrons.